The zero-order chi connectivity index (χ0) is 20.5. The van der Waals surface area contributed by atoms with Gasteiger partial charge >= 0.3 is 6.18 Å². The standard InChI is InChI=1S/C21H16BrF4NO/c1-13-10-15(22)12-17(23)20(13)27(16-6-4-3-5-7-16)18-11-14(21(24,25)26)8-9-19(18)28-2/h3-12H,1-2H3. The molecule has 3 rings (SSSR count). The summed E-state index contributed by atoms with van der Waals surface area (Å²) in [6.07, 6.45) is -4.54. The van der Waals surface area contributed by atoms with E-state index in [9.17, 15) is 17.6 Å². The highest BCUT2D eigenvalue weighted by molar-refractivity contribution is 9.10. The van der Waals surface area contributed by atoms with Crippen LogP contribution in [0.25, 0.3) is 0 Å². The van der Waals surface area contributed by atoms with Crippen LogP contribution in [0, 0.1) is 12.7 Å². The lowest BCUT2D eigenvalue weighted by Gasteiger charge is -2.29. The van der Waals surface area contributed by atoms with Crippen LogP contribution in [-0.4, -0.2) is 7.11 Å². The van der Waals surface area contributed by atoms with E-state index in [1.54, 1.807) is 43.3 Å². The summed E-state index contributed by atoms with van der Waals surface area (Å²) in [5.74, 6) is -0.381. The molecule has 0 spiro atoms. The number of aryl methyl sites for hydroxylation is 1. The first-order chi connectivity index (χ1) is 13.2. The molecule has 7 heteroatoms. The van der Waals surface area contributed by atoms with E-state index in [2.05, 4.69) is 15.9 Å². The van der Waals surface area contributed by atoms with Crippen LogP contribution in [0.5, 0.6) is 5.75 Å². The lowest BCUT2D eigenvalue weighted by molar-refractivity contribution is -0.137. The van der Waals surface area contributed by atoms with Gasteiger partial charge in [0.25, 0.3) is 0 Å². The van der Waals surface area contributed by atoms with Crippen LogP contribution in [-0.2, 0) is 6.18 Å². The van der Waals surface area contributed by atoms with Crippen molar-refractivity contribution in [1.29, 1.82) is 0 Å². The number of ether oxygens (including phenoxy) is 1. The van der Waals surface area contributed by atoms with E-state index < -0.39 is 17.6 Å². The fourth-order valence-electron chi connectivity index (χ4n) is 2.98. The Balaban J connectivity index is 2.34. The summed E-state index contributed by atoms with van der Waals surface area (Å²) in [6, 6.07) is 14.7. The number of benzene rings is 3. The van der Waals surface area contributed by atoms with Crippen LogP contribution in [0.3, 0.4) is 0 Å². The molecule has 0 bridgehead atoms. The fourth-order valence-corrected chi connectivity index (χ4v) is 3.53. The predicted octanol–water partition coefficient (Wildman–Crippen LogP) is 7.39. The summed E-state index contributed by atoms with van der Waals surface area (Å²) in [5.41, 5.74) is 0.443. The van der Waals surface area contributed by atoms with Crippen molar-refractivity contribution in [1.82, 2.24) is 0 Å². The molecule has 3 aromatic rings. The molecular weight excluding hydrogens is 438 g/mol. The number of hydrogen-bond donors (Lipinski definition) is 0. The number of rotatable bonds is 4. The first-order valence-corrected chi connectivity index (χ1v) is 9.07. The molecule has 0 aliphatic rings. The van der Waals surface area contributed by atoms with Crippen LogP contribution >= 0.6 is 15.9 Å². The van der Waals surface area contributed by atoms with Crippen molar-refractivity contribution in [2.45, 2.75) is 13.1 Å². The molecule has 0 atom stereocenters. The average molecular weight is 454 g/mol. The third-order valence-corrected chi connectivity index (χ3v) is 4.66. The van der Waals surface area contributed by atoms with Gasteiger partial charge in [0.15, 0.2) is 0 Å². The van der Waals surface area contributed by atoms with Crippen molar-refractivity contribution >= 4 is 33.0 Å². The van der Waals surface area contributed by atoms with E-state index >= 15 is 0 Å². The molecule has 0 aliphatic heterocycles. The Morgan fingerprint density at radius 2 is 1.64 bits per heavy atom. The minimum atomic E-state index is -4.54. The Bertz CT molecular complexity index is 966. The van der Waals surface area contributed by atoms with Crippen molar-refractivity contribution in [3.8, 4) is 5.75 Å². The van der Waals surface area contributed by atoms with E-state index in [4.69, 9.17) is 4.74 Å². The Kier molecular flexibility index (Phi) is 5.65. The summed E-state index contributed by atoms with van der Waals surface area (Å²) in [4.78, 5) is 1.44. The molecule has 28 heavy (non-hydrogen) atoms. The van der Waals surface area contributed by atoms with Gasteiger partial charge in [-0.1, -0.05) is 34.1 Å². The van der Waals surface area contributed by atoms with Gasteiger partial charge in [-0.05, 0) is 55.0 Å². The van der Waals surface area contributed by atoms with Crippen LogP contribution in [0.15, 0.2) is 65.1 Å². The number of anilines is 3. The molecule has 0 heterocycles. The second-order valence-corrected chi connectivity index (χ2v) is 7.02. The average Bonchev–Trinajstić information content (AvgIpc) is 2.64. The van der Waals surface area contributed by atoms with Gasteiger partial charge in [0.1, 0.15) is 11.6 Å². The van der Waals surface area contributed by atoms with E-state index in [0.29, 0.717) is 15.7 Å². The van der Waals surface area contributed by atoms with Crippen molar-refractivity contribution in [3.63, 3.8) is 0 Å². The molecule has 0 aromatic heterocycles. The first kappa shape index (κ1) is 20.2. The highest BCUT2D eigenvalue weighted by Crippen LogP contribution is 2.45. The Morgan fingerprint density at radius 3 is 2.21 bits per heavy atom. The molecule has 0 saturated carbocycles. The zero-order valence-corrected chi connectivity index (χ0v) is 16.6. The highest BCUT2D eigenvalue weighted by Gasteiger charge is 2.33. The third-order valence-electron chi connectivity index (χ3n) is 4.20. The van der Waals surface area contributed by atoms with Gasteiger partial charge < -0.3 is 9.64 Å². The number of nitrogens with zero attached hydrogens (tertiary/aromatic N) is 1. The van der Waals surface area contributed by atoms with E-state index in [1.807, 2.05) is 0 Å². The Labute approximate surface area is 168 Å². The van der Waals surface area contributed by atoms with Crippen LogP contribution in [0.4, 0.5) is 34.6 Å². The molecule has 0 fully saturated rings. The molecule has 3 aromatic carbocycles. The normalized spacial score (nSPS) is 11.4. The summed E-state index contributed by atoms with van der Waals surface area (Å²) in [5, 5.41) is 0. The molecule has 0 amide bonds. The van der Waals surface area contributed by atoms with E-state index in [0.717, 1.165) is 12.1 Å². The first-order valence-electron chi connectivity index (χ1n) is 8.28. The lowest BCUT2D eigenvalue weighted by Crippen LogP contribution is -2.16. The molecule has 0 N–H and O–H groups in total. The molecule has 2 nitrogen and oxygen atoms in total. The molecule has 146 valence electrons. The largest absolute Gasteiger partial charge is 0.495 e. The minimum Gasteiger partial charge on any atom is -0.495 e. The third kappa shape index (κ3) is 3.99. The molecule has 0 radical (unpaired) electrons. The van der Waals surface area contributed by atoms with Gasteiger partial charge in [0.2, 0.25) is 0 Å². The summed E-state index contributed by atoms with van der Waals surface area (Å²) >= 11 is 3.24. The van der Waals surface area contributed by atoms with Crippen LogP contribution in [0.2, 0.25) is 0 Å². The van der Waals surface area contributed by atoms with Gasteiger partial charge in [-0.3, -0.25) is 0 Å². The summed E-state index contributed by atoms with van der Waals surface area (Å²) in [6.45, 7) is 1.69. The number of alkyl halides is 3. The number of halogens is 5. The molecule has 0 aliphatic carbocycles. The topological polar surface area (TPSA) is 12.5 Å². The van der Waals surface area contributed by atoms with Crippen molar-refractivity contribution in [3.05, 3.63) is 82.1 Å². The second-order valence-electron chi connectivity index (χ2n) is 6.11. The van der Waals surface area contributed by atoms with Gasteiger partial charge in [0.05, 0.1) is 24.0 Å². The summed E-state index contributed by atoms with van der Waals surface area (Å²) in [7, 11) is 1.36. The zero-order valence-electron chi connectivity index (χ0n) is 15.0. The monoisotopic (exact) mass is 453 g/mol. The van der Waals surface area contributed by atoms with Crippen molar-refractivity contribution in [2.75, 3.05) is 12.0 Å². The minimum absolute atomic E-state index is 0.0906. The van der Waals surface area contributed by atoms with E-state index in [1.165, 1.54) is 24.1 Å². The highest BCUT2D eigenvalue weighted by atomic mass is 79.9. The van der Waals surface area contributed by atoms with Crippen LogP contribution in [0.1, 0.15) is 11.1 Å². The van der Waals surface area contributed by atoms with Crippen molar-refractivity contribution < 1.29 is 22.3 Å². The molecular formula is C21H16BrF4NO. The summed E-state index contributed by atoms with van der Waals surface area (Å²) < 4.78 is 60.8. The van der Waals surface area contributed by atoms with Gasteiger partial charge in [-0.15, -0.1) is 0 Å². The maximum Gasteiger partial charge on any atom is 0.416 e. The quantitative estimate of drug-likeness (QED) is 0.381. The van der Waals surface area contributed by atoms with Gasteiger partial charge in [0, 0.05) is 10.2 Å². The second kappa shape index (κ2) is 7.83. The maximum atomic E-state index is 15.0. The number of methoxy groups -OCH3 is 1. The Morgan fingerprint density at radius 1 is 0.964 bits per heavy atom. The molecule has 0 saturated heterocycles. The SMILES string of the molecule is COc1ccc(C(F)(F)F)cc1N(c1ccccc1)c1c(C)cc(Br)cc1F. The van der Waals surface area contributed by atoms with Gasteiger partial charge in [-0.2, -0.15) is 13.2 Å². The predicted molar refractivity (Wildman–Crippen MR) is 105 cm³/mol. The van der Waals surface area contributed by atoms with Crippen molar-refractivity contribution in [2.24, 2.45) is 0 Å². The number of para-hydroxylation sites is 1. The van der Waals surface area contributed by atoms with Gasteiger partial charge in [-0.25, -0.2) is 4.39 Å². The lowest BCUT2D eigenvalue weighted by atomic mass is 10.1. The maximum absolute atomic E-state index is 15.0. The van der Waals surface area contributed by atoms with Crippen LogP contribution < -0.4 is 9.64 Å². The smallest absolute Gasteiger partial charge is 0.416 e. The molecule has 0 unspecified atom stereocenters. The van der Waals surface area contributed by atoms with E-state index in [-0.39, 0.29) is 17.1 Å². The Hall–Kier alpha value is -2.54. The fraction of sp³-hybridized carbons (Fsp3) is 0.143. The number of hydrogen-bond acceptors (Lipinski definition) is 2.